The molecule has 0 spiro atoms. The summed E-state index contributed by atoms with van der Waals surface area (Å²) < 4.78 is 11.8. The van der Waals surface area contributed by atoms with E-state index in [9.17, 15) is 14.4 Å². The van der Waals surface area contributed by atoms with Gasteiger partial charge in [0.1, 0.15) is 18.1 Å². The Morgan fingerprint density at radius 3 is 2.47 bits per heavy atom. The number of thioether (sulfide) groups is 1. The van der Waals surface area contributed by atoms with Crippen molar-refractivity contribution in [1.29, 1.82) is 0 Å². The molecule has 0 radical (unpaired) electrons. The molecule has 8 rings (SSSR count). The second-order valence-corrected chi connectivity index (χ2v) is 14.2. The van der Waals surface area contributed by atoms with Gasteiger partial charge in [-0.2, -0.15) is 0 Å². The predicted octanol–water partition coefficient (Wildman–Crippen LogP) is 6.01. The molecule has 6 unspecified atom stereocenters. The fourth-order valence-corrected chi connectivity index (χ4v) is 11.1. The Morgan fingerprint density at radius 2 is 1.70 bits per heavy atom. The average Bonchev–Trinajstić information content (AvgIpc) is 3.75. The number of H-pyrrole nitrogens is 1. The number of rotatable bonds is 6. The van der Waals surface area contributed by atoms with Gasteiger partial charge in [0, 0.05) is 21.6 Å². The number of aromatic nitrogens is 1. The molecule has 1 N–H and O–H groups in total. The summed E-state index contributed by atoms with van der Waals surface area (Å²) in [6.07, 6.45) is 0.841. The van der Waals surface area contributed by atoms with Gasteiger partial charge in [-0.05, 0) is 67.0 Å². The number of nitrogens with one attached hydrogen (secondary N) is 1. The number of carbonyl (C=O) groups excluding carboxylic acids is 2. The van der Waals surface area contributed by atoms with Crippen LogP contribution in [-0.4, -0.2) is 29.2 Å². The third-order valence-corrected chi connectivity index (χ3v) is 12.4. The van der Waals surface area contributed by atoms with Crippen LogP contribution in [-0.2, 0) is 16.2 Å². The van der Waals surface area contributed by atoms with Crippen molar-refractivity contribution >= 4 is 40.6 Å². The van der Waals surface area contributed by atoms with Gasteiger partial charge < -0.3 is 14.5 Å². The largest absolute Gasteiger partial charge is 0.497 e. The van der Waals surface area contributed by atoms with Gasteiger partial charge in [-0.25, -0.2) is 0 Å². The van der Waals surface area contributed by atoms with Crippen LogP contribution in [0.2, 0.25) is 0 Å². The van der Waals surface area contributed by atoms with Crippen molar-refractivity contribution in [3.8, 4) is 11.5 Å². The van der Waals surface area contributed by atoms with Crippen molar-refractivity contribution in [2.75, 3.05) is 12.0 Å². The first kappa shape index (κ1) is 26.8. The maximum atomic E-state index is 14.1. The second kappa shape index (κ2) is 10.1. The van der Waals surface area contributed by atoms with Crippen LogP contribution in [0.5, 0.6) is 11.5 Å². The van der Waals surface area contributed by atoms with Gasteiger partial charge >= 0.3 is 4.87 Å². The number of para-hydroxylation sites is 1. The van der Waals surface area contributed by atoms with Crippen LogP contribution < -0.4 is 19.2 Å². The first-order valence-electron chi connectivity index (χ1n) is 14.6. The molecule has 218 valence electrons. The van der Waals surface area contributed by atoms with Crippen molar-refractivity contribution < 1.29 is 19.1 Å². The molecule has 7 atom stereocenters. The average molecular weight is 611 g/mol. The van der Waals surface area contributed by atoms with Crippen molar-refractivity contribution in [3.63, 3.8) is 0 Å². The molecule has 4 aliphatic rings. The Bertz CT molecular complexity index is 1810. The van der Waals surface area contributed by atoms with Gasteiger partial charge in [0.05, 0.1) is 29.7 Å². The predicted molar refractivity (Wildman–Crippen MR) is 166 cm³/mol. The number of carbonyl (C=O) groups is 2. The van der Waals surface area contributed by atoms with E-state index >= 15 is 0 Å². The van der Waals surface area contributed by atoms with Crippen LogP contribution in [0.4, 0.5) is 5.69 Å². The number of amides is 2. The summed E-state index contributed by atoms with van der Waals surface area (Å²) in [5.41, 5.74) is 3.90. The minimum Gasteiger partial charge on any atom is -0.497 e. The van der Waals surface area contributed by atoms with Crippen LogP contribution in [0.15, 0.2) is 82.6 Å². The van der Waals surface area contributed by atoms with E-state index in [-0.39, 0.29) is 57.4 Å². The Hall–Kier alpha value is -3.82. The Labute approximate surface area is 257 Å². The smallest absolute Gasteiger partial charge is 0.305 e. The normalized spacial score (nSPS) is 28.5. The third-order valence-electron chi connectivity index (χ3n) is 9.79. The van der Waals surface area contributed by atoms with E-state index in [0.29, 0.717) is 18.0 Å². The van der Waals surface area contributed by atoms with Crippen LogP contribution in [0, 0.1) is 36.5 Å². The molecule has 2 bridgehead atoms. The molecule has 1 aromatic heterocycles. The lowest BCUT2D eigenvalue weighted by molar-refractivity contribution is -0.123. The van der Waals surface area contributed by atoms with E-state index in [1.54, 1.807) is 43.1 Å². The minimum absolute atomic E-state index is 0.0346. The van der Waals surface area contributed by atoms with Gasteiger partial charge in [0.2, 0.25) is 11.8 Å². The monoisotopic (exact) mass is 610 g/mol. The summed E-state index contributed by atoms with van der Waals surface area (Å²) >= 11 is 2.96. The van der Waals surface area contributed by atoms with Crippen LogP contribution in [0.1, 0.15) is 33.9 Å². The van der Waals surface area contributed by atoms with Gasteiger partial charge in [0.25, 0.3) is 0 Å². The molecule has 9 heteroatoms. The number of hydrogen-bond donors (Lipinski definition) is 1. The number of aromatic amines is 1. The van der Waals surface area contributed by atoms with Gasteiger partial charge in [0.15, 0.2) is 0 Å². The number of anilines is 1. The highest BCUT2D eigenvalue weighted by atomic mass is 32.2. The van der Waals surface area contributed by atoms with E-state index in [2.05, 4.69) is 36.2 Å². The first-order chi connectivity index (χ1) is 20.9. The Morgan fingerprint density at radius 1 is 0.930 bits per heavy atom. The molecule has 2 amide bonds. The zero-order valence-electron chi connectivity index (χ0n) is 23.7. The molecular formula is C34H30N2O5S2. The number of nitrogens with zero attached hydrogens (tertiary/aromatic N) is 1. The lowest BCUT2D eigenvalue weighted by Gasteiger charge is -2.43. The number of aryl methyl sites for hydroxylation is 1. The molecule has 43 heavy (non-hydrogen) atoms. The number of fused-ring (bicyclic) bond motifs is 9. The number of ether oxygens (including phenoxy) is 2. The molecule has 3 fully saturated rings. The molecule has 3 heterocycles. The third kappa shape index (κ3) is 4.12. The molecule has 2 aliphatic carbocycles. The first-order valence-corrected chi connectivity index (χ1v) is 16.3. The number of methoxy groups -OCH3 is 1. The molecule has 2 saturated carbocycles. The quantitative estimate of drug-likeness (QED) is 0.269. The highest BCUT2D eigenvalue weighted by Crippen LogP contribution is 2.69. The van der Waals surface area contributed by atoms with Crippen molar-refractivity contribution in [3.05, 3.63) is 104 Å². The second-order valence-electron chi connectivity index (χ2n) is 12.0. The Kier molecular flexibility index (Phi) is 6.31. The van der Waals surface area contributed by atoms with Gasteiger partial charge in [-0.15, -0.1) is 11.8 Å². The van der Waals surface area contributed by atoms with E-state index in [0.717, 1.165) is 33.2 Å². The molecule has 2 aliphatic heterocycles. The van der Waals surface area contributed by atoms with E-state index in [1.807, 2.05) is 24.3 Å². The van der Waals surface area contributed by atoms with Crippen molar-refractivity contribution in [2.45, 2.75) is 36.1 Å². The lowest BCUT2D eigenvalue weighted by atomic mass is 9.68. The molecule has 1 saturated heterocycles. The maximum Gasteiger partial charge on any atom is 0.305 e. The number of imide groups is 1. The SMILES string of the molecule is COc1ccc(N2C(=O)C3C4CC(C3C2=O)C2C4Sc3[nH]c(=O)sc3[C@@H]2c2ccccc2OCc2cccc(C)c2)cc1. The fourth-order valence-electron chi connectivity index (χ4n) is 8.18. The van der Waals surface area contributed by atoms with E-state index < -0.39 is 0 Å². The highest BCUT2D eigenvalue weighted by Gasteiger charge is 2.69. The molecule has 7 nitrogen and oxygen atoms in total. The maximum absolute atomic E-state index is 14.1. The highest BCUT2D eigenvalue weighted by molar-refractivity contribution is 8.00. The minimum atomic E-state index is -0.360. The summed E-state index contributed by atoms with van der Waals surface area (Å²) in [6, 6.07) is 23.5. The van der Waals surface area contributed by atoms with Crippen LogP contribution in [0.3, 0.4) is 0 Å². The van der Waals surface area contributed by atoms with Crippen LogP contribution in [0.25, 0.3) is 0 Å². The van der Waals surface area contributed by atoms with Crippen molar-refractivity contribution in [1.82, 2.24) is 4.98 Å². The summed E-state index contributed by atoms with van der Waals surface area (Å²) in [5, 5.41) is 1.01. The molecule has 4 aromatic rings. The van der Waals surface area contributed by atoms with Gasteiger partial charge in [-0.3, -0.25) is 19.3 Å². The summed E-state index contributed by atoms with van der Waals surface area (Å²) in [6.45, 7) is 2.50. The summed E-state index contributed by atoms with van der Waals surface area (Å²) in [5.74, 6) is 0.656. The summed E-state index contributed by atoms with van der Waals surface area (Å²) in [7, 11) is 1.59. The van der Waals surface area contributed by atoms with E-state index in [1.165, 1.54) is 21.8 Å². The zero-order chi connectivity index (χ0) is 29.4. The Balaban J connectivity index is 1.17. The van der Waals surface area contributed by atoms with Gasteiger partial charge in [-0.1, -0.05) is 59.4 Å². The molecule has 3 aromatic carbocycles. The fraction of sp³-hybridized carbons (Fsp3) is 0.324. The lowest BCUT2D eigenvalue weighted by Crippen LogP contribution is -2.42. The van der Waals surface area contributed by atoms with E-state index in [4.69, 9.17) is 9.47 Å². The topological polar surface area (TPSA) is 88.7 Å². The zero-order valence-corrected chi connectivity index (χ0v) is 25.3. The standard InChI is InChI=1S/C34H30N2O5S2/c1-17-6-5-7-18(14-17)16-41-24-9-4-3-8-21(24)25-26-22-15-23(29(26)42-31-30(25)43-34(39)35-31)28-27(22)32(37)36(33(28)38)19-10-12-20(40-2)13-11-19/h3-14,22-23,25-29H,15-16H2,1-2H3,(H,35,39)/t22?,23?,25-,26?,27?,28?,29?/m1/s1. The van der Waals surface area contributed by atoms with Crippen LogP contribution >= 0.6 is 23.1 Å². The number of benzene rings is 3. The van der Waals surface area contributed by atoms with Crippen molar-refractivity contribution in [2.24, 2.45) is 29.6 Å². The number of thiazole rings is 1. The summed E-state index contributed by atoms with van der Waals surface area (Å²) in [4.78, 5) is 46.1. The number of hydrogen-bond acceptors (Lipinski definition) is 7. The molecular weight excluding hydrogens is 581 g/mol.